The molecule has 0 aliphatic carbocycles. The SMILES string of the molecule is C=Nc1ccc(N2C(=O)C(C)(C)N(c3ccc(C(=O)NC)c(F)c3)C2=S)cc1C(F)(F)F. The second-order valence-corrected chi connectivity index (χ2v) is 7.78. The zero-order valence-electron chi connectivity index (χ0n) is 17.2. The first kappa shape index (κ1) is 23.3. The Morgan fingerprint density at radius 2 is 1.78 bits per heavy atom. The molecule has 32 heavy (non-hydrogen) atoms. The van der Waals surface area contributed by atoms with E-state index in [0.29, 0.717) is 0 Å². The van der Waals surface area contributed by atoms with Gasteiger partial charge in [0.1, 0.15) is 11.4 Å². The lowest BCUT2D eigenvalue weighted by molar-refractivity contribution is -0.137. The molecule has 0 spiro atoms. The van der Waals surface area contributed by atoms with E-state index in [1.807, 2.05) is 0 Å². The van der Waals surface area contributed by atoms with Crippen LogP contribution in [-0.2, 0) is 11.0 Å². The molecule has 1 heterocycles. The van der Waals surface area contributed by atoms with E-state index in [1.165, 1.54) is 44.0 Å². The van der Waals surface area contributed by atoms with Crippen LogP contribution in [0.4, 0.5) is 34.6 Å². The first-order chi connectivity index (χ1) is 14.8. The molecule has 1 N–H and O–H groups in total. The van der Waals surface area contributed by atoms with Crippen LogP contribution in [0.1, 0.15) is 29.8 Å². The van der Waals surface area contributed by atoms with Crippen molar-refractivity contribution < 1.29 is 27.2 Å². The van der Waals surface area contributed by atoms with Gasteiger partial charge in [-0.3, -0.25) is 19.5 Å². The minimum absolute atomic E-state index is 0.113. The van der Waals surface area contributed by atoms with Crippen molar-refractivity contribution in [2.24, 2.45) is 4.99 Å². The molecule has 11 heteroatoms. The van der Waals surface area contributed by atoms with Crippen LogP contribution in [0.25, 0.3) is 0 Å². The highest BCUT2D eigenvalue weighted by Crippen LogP contribution is 2.41. The minimum Gasteiger partial charge on any atom is -0.355 e. The maximum Gasteiger partial charge on any atom is 0.418 e. The van der Waals surface area contributed by atoms with Gasteiger partial charge in [0.25, 0.3) is 11.8 Å². The predicted molar refractivity (Wildman–Crippen MR) is 117 cm³/mol. The van der Waals surface area contributed by atoms with Gasteiger partial charge in [0.15, 0.2) is 5.11 Å². The van der Waals surface area contributed by atoms with Crippen molar-refractivity contribution in [1.82, 2.24) is 5.32 Å². The van der Waals surface area contributed by atoms with E-state index in [1.54, 1.807) is 0 Å². The summed E-state index contributed by atoms with van der Waals surface area (Å²) >= 11 is 5.41. The largest absolute Gasteiger partial charge is 0.418 e. The number of carbonyl (C=O) groups excluding carboxylic acids is 2. The van der Waals surface area contributed by atoms with Crippen LogP contribution in [-0.4, -0.2) is 36.2 Å². The number of hydrogen-bond acceptors (Lipinski definition) is 4. The number of carbonyl (C=O) groups is 2. The van der Waals surface area contributed by atoms with E-state index < -0.39 is 34.9 Å². The van der Waals surface area contributed by atoms with Gasteiger partial charge in [0.2, 0.25) is 0 Å². The highest BCUT2D eigenvalue weighted by molar-refractivity contribution is 7.81. The number of amides is 2. The minimum atomic E-state index is -4.73. The molecule has 0 bridgehead atoms. The first-order valence-corrected chi connectivity index (χ1v) is 9.63. The Kier molecular flexibility index (Phi) is 5.81. The van der Waals surface area contributed by atoms with Gasteiger partial charge in [-0.1, -0.05) is 0 Å². The van der Waals surface area contributed by atoms with E-state index in [2.05, 4.69) is 17.0 Å². The van der Waals surface area contributed by atoms with Crippen molar-refractivity contribution in [1.29, 1.82) is 0 Å². The zero-order chi connectivity index (χ0) is 24.0. The third kappa shape index (κ3) is 3.72. The Morgan fingerprint density at radius 1 is 1.16 bits per heavy atom. The highest BCUT2D eigenvalue weighted by atomic mass is 32.1. The van der Waals surface area contributed by atoms with Gasteiger partial charge < -0.3 is 10.2 Å². The van der Waals surface area contributed by atoms with Crippen LogP contribution in [0.15, 0.2) is 41.4 Å². The van der Waals surface area contributed by atoms with Gasteiger partial charge in [-0.15, -0.1) is 0 Å². The zero-order valence-corrected chi connectivity index (χ0v) is 18.1. The molecule has 0 radical (unpaired) electrons. The van der Waals surface area contributed by atoms with Gasteiger partial charge >= 0.3 is 6.18 Å². The summed E-state index contributed by atoms with van der Waals surface area (Å²) in [6, 6.07) is 6.82. The number of hydrogen-bond donors (Lipinski definition) is 1. The molecule has 0 atom stereocenters. The monoisotopic (exact) mass is 466 g/mol. The summed E-state index contributed by atoms with van der Waals surface area (Å²) in [5, 5.41) is 2.17. The van der Waals surface area contributed by atoms with E-state index in [0.717, 1.165) is 23.1 Å². The van der Waals surface area contributed by atoms with Crippen LogP contribution in [0, 0.1) is 5.82 Å². The number of aliphatic imine (C=N–C) groups is 1. The maximum atomic E-state index is 14.5. The summed E-state index contributed by atoms with van der Waals surface area (Å²) in [7, 11) is 1.35. The predicted octanol–water partition coefficient (Wildman–Crippen LogP) is 4.45. The first-order valence-electron chi connectivity index (χ1n) is 9.23. The van der Waals surface area contributed by atoms with Crippen molar-refractivity contribution in [3.63, 3.8) is 0 Å². The molecule has 2 amide bonds. The van der Waals surface area contributed by atoms with Crippen molar-refractivity contribution in [3.8, 4) is 0 Å². The number of nitrogens with one attached hydrogen (secondary N) is 1. The summed E-state index contributed by atoms with van der Waals surface area (Å²) in [6.07, 6.45) is -4.73. The van der Waals surface area contributed by atoms with E-state index in [4.69, 9.17) is 12.2 Å². The summed E-state index contributed by atoms with van der Waals surface area (Å²) in [5.41, 5.74) is -2.95. The third-order valence-electron chi connectivity index (χ3n) is 5.06. The molecule has 2 aromatic rings. The highest BCUT2D eigenvalue weighted by Gasteiger charge is 2.50. The van der Waals surface area contributed by atoms with Crippen LogP contribution in [0.2, 0.25) is 0 Å². The van der Waals surface area contributed by atoms with E-state index in [-0.39, 0.29) is 27.7 Å². The second kappa shape index (κ2) is 7.97. The lowest BCUT2D eigenvalue weighted by atomic mass is 10.0. The molecular formula is C21H18F4N4O2S. The molecule has 1 fully saturated rings. The molecule has 1 saturated heterocycles. The van der Waals surface area contributed by atoms with Gasteiger partial charge in [0.05, 0.1) is 22.5 Å². The number of anilines is 2. The Bertz CT molecular complexity index is 1150. The summed E-state index contributed by atoms with van der Waals surface area (Å²) in [6.45, 7) is 6.16. The Hall–Kier alpha value is -3.34. The maximum absolute atomic E-state index is 14.5. The number of nitrogens with zero attached hydrogens (tertiary/aromatic N) is 3. The number of halogens is 4. The summed E-state index contributed by atoms with van der Waals surface area (Å²) < 4.78 is 54.9. The van der Waals surface area contributed by atoms with E-state index in [9.17, 15) is 27.2 Å². The molecule has 1 aliphatic rings. The fourth-order valence-corrected chi connectivity index (χ4v) is 3.97. The average Bonchev–Trinajstić information content (AvgIpc) is 2.90. The number of rotatable bonds is 4. The van der Waals surface area contributed by atoms with Crippen molar-refractivity contribution in [3.05, 3.63) is 53.3 Å². The molecule has 1 aliphatic heterocycles. The average molecular weight is 466 g/mol. The number of alkyl halides is 3. The molecule has 0 unspecified atom stereocenters. The molecule has 2 aromatic carbocycles. The molecule has 0 saturated carbocycles. The quantitative estimate of drug-likeness (QED) is 0.411. The van der Waals surface area contributed by atoms with Gasteiger partial charge in [-0.25, -0.2) is 4.39 Å². The van der Waals surface area contributed by atoms with Gasteiger partial charge in [-0.05, 0) is 69.2 Å². The Morgan fingerprint density at radius 3 is 2.31 bits per heavy atom. The summed E-state index contributed by atoms with van der Waals surface area (Å²) in [5.74, 6) is -2.08. The lowest BCUT2D eigenvalue weighted by Crippen LogP contribution is -2.44. The van der Waals surface area contributed by atoms with E-state index >= 15 is 0 Å². The summed E-state index contributed by atoms with van der Waals surface area (Å²) in [4.78, 5) is 30.6. The molecular weight excluding hydrogens is 448 g/mol. The smallest absolute Gasteiger partial charge is 0.355 e. The number of benzene rings is 2. The van der Waals surface area contributed by atoms with Crippen LogP contribution >= 0.6 is 12.2 Å². The lowest BCUT2D eigenvalue weighted by Gasteiger charge is -2.29. The van der Waals surface area contributed by atoms with Crippen LogP contribution < -0.4 is 15.1 Å². The topological polar surface area (TPSA) is 65.0 Å². The fourth-order valence-electron chi connectivity index (χ4n) is 3.45. The van der Waals surface area contributed by atoms with Crippen LogP contribution in [0.5, 0.6) is 0 Å². The molecule has 6 nitrogen and oxygen atoms in total. The molecule has 168 valence electrons. The Labute approximate surface area is 186 Å². The normalized spacial score (nSPS) is 15.8. The van der Waals surface area contributed by atoms with Crippen molar-refractivity contribution in [2.45, 2.75) is 25.6 Å². The Balaban J connectivity index is 2.09. The van der Waals surface area contributed by atoms with Gasteiger partial charge in [0, 0.05) is 12.7 Å². The second-order valence-electron chi connectivity index (χ2n) is 7.42. The number of thiocarbonyl (C=S) groups is 1. The molecule has 3 rings (SSSR count). The van der Waals surface area contributed by atoms with Crippen molar-refractivity contribution >= 4 is 52.9 Å². The molecule has 0 aromatic heterocycles. The standard InChI is InChI=1S/C21H18F4N4O2S/c1-20(2)18(31)28(11-6-8-16(26-3)14(9-11)21(23,24)25)19(32)29(20)12-5-7-13(15(22)10-12)17(30)27-4/h5-10H,3H2,1-2,4H3,(H,27,30). The van der Waals surface area contributed by atoms with Crippen molar-refractivity contribution in [2.75, 3.05) is 16.8 Å². The third-order valence-corrected chi connectivity index (χ3v) is 5.43. The van der Waals surface area contributed by atoms with Crippen LogP contribution in [0.3, 0.4) is 0 Å². The fraction of sp³-hybridized carbons (Fsp3) is 0.238. The van der Waals surface area contributed by atoms with Gasteiger partial charge in [-0.2, -0.15) is 13.2 Å².